The fraction of sp³-hybridized carbons (Fsp3) is 0.300. The topological polar surface area (TPSA) is 55.8 Å². The summed E-state index contributed by atoms with van der Waals surface area (Å²) in [6, 6.07) is 8.59. The van der Waals surface area contributed by atoms with Crippen molar-refractivity contribution in [1.82, 2.24) is 0 Å². The van der Waals surface area contributed by atoms with Gasteiger partial charge in [0, 0.05) is 0 Å². The monoisotopic (exact) mass is 196 g/mol. The Balaban J connectivity index is 2.35. The van der Waals surface area contributed by atoms with Crippen LogP contribution >= 0.6 is 0 Å². The molecule has 1 aromatic carbocycles. The van der Waals surface area contributed by atoms with Gasteiger partial charge in [0.2, 0.25) is 0 Å². The summed E-state index contributed by atoms with van der Waals surface area (Å²) < 4.78 is 9.39. The van der Waals surface area contributed by atoms with Crippen LogP contribution in [0.2, 0.25) is 0 Å². The minimum Gasteiger partial charge on any atom is -0.431 e. The van der Waals surface area contributed by atoms with Crippen molar-refractivity contribution in [2.24, 2.45) is 0 Å². The minimum atomic E-state index is -0.808. The van der Waals surface area contributed by atoms with Crippen LogP contribution in [0.5, 0.6) is 5.75 Å². The molecule has 1 rings (SSSR count). The molecule has 1 N–H and O–H groups in total. The number of benzene rings is 1. The normalized spacial score (nSPS) is 11.9. The molecule has 0 aliphatic carbocycles. The van der Waals surface area contributed by atoms with E-state index in [2.05, 4.69) is 4.74 Å². The summed E-state index contributed by atoms with van der Waals surface area (Å²) in [6.45, 7) is 1.46. The molecule has 4 nitrogen and oxygen atoms in total. The number of para-hydroxylation sites is 1. The van der Waals surface area contributed by atoms with Crippen LogP contribution in [-0.2, 0) is 4.74 Å². The first-order valence-corrected chi connectivity index (χ1v) is 4.26. The Labute approximate surface area is 82.1 Å². The standard InChI is InChI=1S/C10H12O4/c1-8(11)7-13-10(12)14-9-5-3-2-4-6-9/h2-6,8,11H,7H2,1H3. The Bertz CT molecular complexity index is 281. The van der Waals surface area contributed by atoms with E-state index in [1.165, 1.54) is 6.92 Å². The maximum atomic E-state index is 11.0. The van der Waals surface area contributed by atoms with Crippen molar-refractivity contribution in [2.75, 3.05) is 6.61 Å². The Morgan fingerprint density at radius 1 is 1.43 bits per heavy atom. The molecule has 4 heteroatoms. The van der Waals surface area contributed by atoms with Crippen LogP contribution in [-0.4, -0.2) is 24.0 Å². The van der Waals surface area contributed by atoms with Crippen molar-refractivity contribution in [2.45, 2.75) is 13.0 Å². The maximum absolute atomic E-state index is 11.0. The first kappa shape index (κ1) is 10.5. The fourth-order valence-corrected chi connectivity index (χ4v) is 0.803. The molecule has 0 aliphatic heterocycles. The quantitative estimate of drug-likeness (QED) is 0.589. The Kier molecular flexibility index (Phi) is 3.94. The van der Waals surface area contributed by atoms with Gasteiger partial charge >= 0.3 is 6.16 Å². The largest absolute Gasteiger partial charge is 0.513 e. The minimum absolute atomic E-state index is 0.0638. The summed E-state index contributed by atoms with van der Waals surface area (Å²) in [6.07, 6.45) is -1.49. The van der Waals surface area contributed by atoms with Crippen LogP contribution in [0.25, 0.3) is 0 Å². The van der Waals surface area contributed by atoms with Gasteiger partial charge in [-0.15, -0.1) is 0 Å². The number of rotatable bonds is 3. The zero-order valence-electron chi connectivity index (χ0n) is 7.84. The molecule has 0 saturated carbocycles. The van der Waals surface area contributed by atoms with E-state index in [-0.39, 0.29) is 6.61 Å². The van der Waals surface area contributed by atoms with Crippen molar-refractivity contribution < 1.29 is 19.4 Å². The lowest BCUT2D eigenvalue weighted by molar-refractivity contribution is 0.0516. The summed E-state index contributed by atoms with van der Waals surface area (Å²) in [4.78, 5) is 11.0. The lowest BCUT2D eigenvalue weighted by Crippen LogP contribution is -2.17. The van der Waals surface area contributed by atoms with Crippen LogP contribution in [0.1, 0.15) is 6.92 Å². The number of carbonyl (C=O) groups is 1. The summed E-state index contributed by atoms with van der Waals surface area (Å²) in [5.74, 6) is 0.420. The van der Waals surface area contributed by atoms with Crippen LogP contribution in [0.3, 0.4) is 0 Å². The van der Waals surface area contributed by atoms with Gasteiger partial charge in [0.1, 0.15) is 12.4 Å². The van der Waals surface area contributed by atoms with Gasteiger partial charge in [-0.25, -0.2) is 4.79 Å². The Morgan fingerprint density at radius 3 is 2.64 bits per heavy atom. The van der Waals surface area contributed by atoms with Gasteiger partial charge in [0.05, 0.1) is 6.10 Å². The van der Waals surface area contributed by atoms with Gasteiger partial charge in [0.25, 0.3) is 0 Å². The molecule has 76 valence electrons. The molecule has 0 amide bonds. The summed E-state index contributed by atoms with van der Waals surface area (Å²) >= 11 is 0. The molecule has 0 bridgehead atoms. The van der Waals surface area contributed by atoms with Crippen LogP contribution in [0.4, 0.5) is 4.79 Å². The molecule has 0 heterocycles. The molecular formula is C10H12O4. The van der Waals surface area contributed by atoms with E-state index in [4.69, 9.17) is 9.84 Å². The second-order valence-corrected chi connectivity index (χ2v) is 2.83. The van der Waals surface area contributed by atoms with Crippen molar-refractivity contribution >= 4 is 6.16 Å². The third kappa shape index (κ3) is 3.91. The van der Waals surface area contributed by atoms with Crippen molar-refractivity contribution in [3.63, 3.8) is 0 Å². The highest BCUT2D eigenvalue weighted by Gasteiger charge is 2.06. The lowest BCUT2D eigenvalue weighted by Gasteiger charge is -2.06. The van der Waals surface area contributed by atoms with Gasteiger partial charge in [-0.1, -0.05) is 18.2 Å². The van der Waals surface area contributed by atoms with E-state index < -0.39 is 12.3 Å². The second kappa shape index (κ2) is 5.24. The molecule has 1 atom stereocenters. The molecule has 1 unspecified atom stereocenters. The van der Waals surface area contributed by atoms with E-state index >= 15 is 0 Å². The third-order valence-corrected chi connectivity index (χ3v) is 1.39. The number of hydrogen-bond acceptors (Lipinski definition) is 4. The maximum Gasteiger partial charge on any atom is 0.513 e. The van der Waals surface area contributed by atoms with Gasteiger partial charge in [-0.2, -0.15) is 0 Å². The Morgan fingerprint density at radius 2 is 2.07 bits per heavy atom. The first-order chi connectivity index (χ1) is 6.68. The molecule has 0 radical (unpaired) electrons. The average Bonchev–Trinajstić information content (AvgIpc) is 2.16. The van der Waals surface area contributed by atoms with Crippen LogP contribution < -0.4 is 4.74 Å². The zero-order valence-corrected chi connectivity index (χ0v) is 7.84. The van der Waals surface area contributed by atoms with Crippen LogP contribution in [0, 0.1) is 0 Å². The zero-order chi connectivity index (χ0) is 10.4. The molecule has 0 aromatic heterocycles. The molecule has 0 fully saturated rings. The van der Waals surface area contributed by atoms with E-state index in [0.717, 1.165) is 0 Å². The molecule has 0 spiro atoms. The van der Waals surface area contributed by atoms with Crippen LogP contribution in [0.15, 0.2) is 30.3 Å². The second-order valence-electron chi connectivity index (χ2n) is 2.83. The predicted octanol–water partition coefficient (Wildman–Crippen LogP) is 1.58. The SMILES string of the molecule is CC(O)COC(=O)Oc1ccccc1. The summed E-state index contributed by atoms with van der Waals surface area (Å²) in [7, 11) is 0. The van der Waals surface area contributed by atoms with Gasteiger partial charge in [-0.05, 0) is 19.1 Å². The van der Waals surface area contributed by atoms with Gasteiger partial charge in [-0.3, -0.25) is 0 Å². The highest BCUT2D eigenvalue weighted by Crippen LogP contribution is 2.08. The van der Waals surface area contributed by atoms with E-state index in [9.17, 15) is 4.79 Å². The molecule has 0 saturated heterocycles. The predicted molar refractivity (Wildman–Crippen MR) is 50.1 cm³/mol. The summed E-state index contributed by atoms with van der Waals surface area (Å²) in [5, 5.41) is 8.83. The molecule has 1 aromatic rings. The number of aliphatic hydroxyl groups is 1. The highest BCUT2D eigenvalue weighted by atomic mass is 16.7. The summed E-state index contributed by atoms with van der Waals surface area (Å²) in [5.41, 5.74) is 0. The van der Waals surface area contributed by atoms with Crippen molar-refractivity contribution in [3.8, 4) is 5.75 Å². The van der Waals surface area contributed by atoms with Gasteiger partial charge < -0.3 is 14.6 Å². The average molecular weight is 196 g/mol. The van der Waals surface area contributed by atoms with E-state index in [0.29, 0.717) is 5.75 Å². The fourth-order valence-electron chi connectivity index (χ4n) is 0.803. The molecule has 0 aliphatic rings. The highest BCUT2D eigenvalue weighted by molar-refractivity contribution is 5.63. The molecule has 14 heavy (non-hydrogen) atoms. The van der Waals surface area contributed by atoms with E-state index in [1.54, 1.807) is 24.3 Å². The van der Waals surface area contributed by atoms with E-state index in [1.807, 2.05) is 6.07 Å². The van der Waals surface area contributed by atoms with Crippen molar-refractivity contribution in [3.05, 3.63) is 30.3 Å². The van der Waals surface area contributed by atoms with Gasteiger partial charge in [0.15, 0.2) is 0 Å². The number of ether oxygens (including phenoxy) is 2. The number of hydrogen-bond donors (Lipinski definition) is 1. The van der Waals surface area contributed by atoms with Crippen molar-refractivity contribution in [1.29, 1.82) is 0 Å². The first-order valence-electron chi connectivity index (χ1n) is 4.26. The lowest BCUT2D eigenvalue weighted by atomic mass is 10.3. The third-order valence-electron chi connectivity index (χ3n) is 1.39. The number of carbonyl (C=O) groups excluding carboxylic acids is 1. The number of aliphatic hydroxyl groups excluding tert-OH is 1. The Hall–Kier alpha value is -1.55. The molecular weight excluding hydrogens is 184 g/mol. The smallest absolute Gasteiger partial charge is 0.431 e.